The summed E-state index contributed by atoms with van der Waals surface area (Å²) >= 11 is 5.59. The van der Waals surface area contributed by atoms with Crippen molar-refractivity contribution in [2.24, 2.45) is 5.10 Å². The molecule has 0 fully saturated rings. The van der Waals surface area contributed by atoms with E-state index in [1.807, 2.05) is 42.5 Å². The van der Waals surface area contributed by atoms with Crippen molar-refractivity contribution in [2.75, 3.05) is 0 Å². The molecule has 1 N–H and O–H groups in total. The van der Waals surface area contributed by atoms with Gasteiger partial charge in [-0.1, -0.05) is 28.1 Å². The van der Waals surface area contributed by atoms with Gasteiger partial charge in [0.25, 0.3) is 5.91 Å². The zero-order valence-electron chi connectivity index (χ0n) is 12.4. The molecular weight excluding hydrogens is 483 g/mol. The average Bonchev–Trinajstić information content (AvgIpc) is 3.05. The van der Waals surface area contributed by atoms with Crippen molar-refractivity contribution in [3.8, 4) is 11.3 Å². The van der Waals surface area contributed by atoms with Gasteiger partial charge in [0.2, 0.25) is 0 Å². The molecule has 0 radical (unpaired) electrons. The van der Waals surface area contributed by atoms with Crippen LogP contribution in [-0.2, 0) is 0 Å². The molecule has 0 spiro atoms. The van der Waals surface area contributed by atoms with Gasteiger partial charge in [-0.05, 0) is 71.1 Å². The van der Waals surface area contributed by atoms with Crippen molar-refractivity contribution >= 4 is 50.6 Å². The van der Waals surface area contributed by atoms with E-state index in [9.17, 15) is 4.79 Å². The number of furan rings is 1. The largest absolute Gasteiger partial charge is 0.455 e. The van der Waals surface area contributed by atoms with Crippen LogP contribution in [0.1, 0.15) is 16.1 Å². The van der Waals surface area contributed by atoms with Crippen molar-refractivity contribution < 1.29 is 9.21 Å². The number of nitrogens with one attached hydrogen (secondary N) is 1. The standard InChI is InChI=1S/C18H12BrIN2O2/c19-14-5-1-12(2-6-14)17-10-9-16(24-17)11-21-22-18(23)13-3-7-15(20)8-4-13/h1-11H,(H,22,23)/b21-11-. The third-order valence-electron chi connectivity index (χ3n) is 3.22. The van der Waals surface area contributed by atoms with E-state index in [-0.39, 0.29) is 5.91 Å². The van der Waals surface area contributed by atoms with Crippen LogP contribution in [-0.4, -0.2) is 12.1 Å². The first-order valence-electron chi connectivity index (χ1n) is 7.06. The fourth-order valence-electron chi connectivity index (χ4n) is 2.01. The molecule has 4 nitrogen and oxygen atoms in total. The molecule has 120 valence electrons. The second kappa shape index (κ2) is 7.76. The highest BCUT2D eigenvalue weighted by Crippen LogP contribution is 2.23. The summed E-state index contributed by atoms with van der Waals surface area (Å²) in [6, 6.07) is 18.7. The lowest BCUT2D eigenvalue weighted by molar-refractivity contribution is 0.0955. The minimum Gasteiger partial charge on any atom is -0.455 e. The molecule has 0 bridgehead atoms. The number of carbonyl (C=O) groups is 1. The van der Waals surface area contributed by atoms with Crippen LogP contribution in [0.4, 0.5) is 0 Å². The van der Waals surface area contributed by atoms with Crippen molar-refractivity contribution in [1.29, 1.82) is 0 Å². The number of hydrogen-bond donors (Lipinski definition) is 1. The Kier molecular flexibility index (Phi) is 5.47. The highest BCUT2D eigenvalue weighted by Gasteiger charge is 2.05. The van der Waals surface area contributed by atoms with Gasteiger partial charge in [0, 0.05) is 19.2 Å². The topological polar surface area (TPSA) is 54.6 Å². The molecule has 3 rings (SSSR count). The number of benzene rings is 2. The lowest BCUT2D eigenvalue weighted by atomic mass is 10.2. The van der Waals surface area contributed by atoms with Gasteiger partial charge in [0.05, 0.1) is 6.21 Å². The highest BCUT2D eigenvalue weighted by atomic mass is 127. The first kappa shape index (κ1) is 16.9. The number of hydrogen-bond acceptors (Lipinski definition) is 3. The quantitative estimate of drug-likeness (QED) is 0.312. The van der Waals surface area contributed by atoms with Crippen LogP contribution in [0.15, 0.2) is 74.7 Å². The molecule has 0 aliphatic heterocycles. The third kappa shape index (κ3) is 4.33. The van der Waals surface area contributed by atoms with Gasteiger partial charge in [-0.3, -0.25) is 4.79 Å². The van der Waals surface area contributed by atoms with Crippen LogP contribution in [0.3, 0.4) is 0 Å². The minimum atomic E-state index is -0.262. The number of carbonyl (C=O) groups excluding carboxylic acids is 1. The summed E-state index contributed by atoms with van der Waals surface area (Å²) in [5, 5.41) is 3.93. The van der Waals surface area contributed by atoms with Crippen molar-refractivity contribution in [1.82, 2.24) is 5.43 Å². The summed E-state index contributed by atoms with van der Waals surface area (Å²) < 4.78 is 7.78. The normalized spacial score (nSPS) is 10.9. The monoisotopic (exact) mass is 494 g/mol. The van der Waals surface area contributed by atoms with Crippen LogP contribution in [0.2, 0.25) is 0 Å². The maximum absolute atomic E-state index is 11.9. The molecule has 0 aliphatic rings. The van der Waals surface area contributed by atoms with Gasteiger partial charge in [-0.25, -0.2) is 5.43 Å². The number of nitrogens with zero attached hydrogens (tertiary/aromatic N) is 1. The zero-order chi connectivity index (χ0) is 16.9. The maximum Gasteiger partial charge on any atom is 0.271 e. The second-order valence-corrected chi connectivity index (χ2v) is 7.08. The van der Waals surface area contributed by atoms with Crippen molar-refractivity contribution in [3.05, 3.63) is 80.0 Å². The molecule has 2 aromatic carbocycles. The molecule has 0 aliphatic carbocycles. The number of halogens is 2. The molecule has 3 aromatic rings. The molecule has 1 heterocycles. The van der Waals surface area contributed by atoms with Crippen LogP contribution in [0.5, 0.6) is 0 Å². The molecule has 0 unspecified atom stereocenters. The van der Waals surface area contributed by atoms with Crippen molar-refractivity contribution in [3.63, 3.8) is 0 Å². The van der Waals surface area contributed by atoms with Gasteiger partial charge in [0.15, 0.2) is 0 Å². The summed E-state index contributed by atoms with van der Waals surface area (Å²) in [7, 11) is 0. The second-order valence-electron chi connectivity index (χ2n) is 4.91. The Bertz CT molecular complexity index is 871. The van der Waals surface area contributed by atoms with Gasteiger partial charge >= 0.3 is 0 Å². The van der Waals surface area contributed by atoms with Crippen LogP contribution in [0.25, 0.3) is 11.3 Å². The Morgan fingerprint density at radius 3 is 2.46 bits per heavy atom. The Labute approximate surface area is 161 Å². The van der Waals surface area contributed by atoms with Crippen LogP contribution < -0.4 is 5.43 Å². The Balaban J connectivity index is 1.64. The highest BCUT2D eigenvalue weighted by molar-refractivity contribution is 14.1. The lowest BCUT2D eigenvalue weighted by Gasteiger charge is -1.99. The van der Waals surface area contributed by atoms with E-state index >= 15 is 0 Å². The molecular formula is C18H12BrIN2O2. The fourth-order valence-corrected chi connectivity index (χ4v) is 2.64. The first-order chi connectivity index (χ1) is 11.6. The van der Waals surface area contributed by atoms with Crippen LogP contribution in [0, 0.1) is 3.57 Å². The Morgan fingerprint density at radius 2 is 1.75 bits per heavy atom. The predicted molar refractivity (Wildman–Crippen MR) is 106 cm³/mol. The molecule has 24 heavy (non-hydrogen) atoms. The Morgan fingerprint density at radius 1 is 1.04 bits per heavy atom. The third-order valence-corrected chi connectivity index (χ3v) is 4.47. The van der Waals surface area contributed by atoms with E-state index in [1.54, 1.807) is 18.2 Å². The van der Waals surface area contributed by atoms with E-state index in [2.05, 4.69) is 49.0 Å². The van der Waals surface area contributed by atoms with Crippen molar-refractivity contribution in [2.45, 2.75) is 0 Å². The zero-order valence-corrected chi connectivity index (χ0v) is 16.1. The van der Waals surface area contributed by atoms with E-state index < -0.39 is 0 Å². The summed E-state index contributed by atoms with van der Waals surface area (Å²) in [4.78, 5) is 11.9. The number of hydrazone groups is 1. The van der Waals surface area contributed by atoms with E-state index in [0.29, 0.717) is 11.3 Å². The summed E-state index contributed by atoms with van der Waals surface area (Å²) in [5.41, 5.74) is 4.02. The van der Waals surface area contributed by atoms with E-state index in [1.165, 1.54) is 6.21 Å². The summed E-state index contributed by atoms with van der Waals surface area (Å²) in [6.07, 6.45) is 1.48. The van der Waals surface area contributed by atoms with Gasteiger partial charge in [0.1, 0.15) is 11.5 Å². The lowest BCUT2D eigenvalue weighted by Crippen LogP contribution is -2.17. The van der Waals surface area contributed by atoms with Crippen LogP contribution >= 0.6 is 38.5 Å². The Hall–Kier alpha value is -1.93. The fraction of sp³-hybridized carbons (Fsp3) is 0. The number of rotatable bonds is 4. The molecule has 6 heteroatoms. The molecule has 0 saturated heterocycles. The molecule has 0 atom stereocenters. The van der Waals surface area contributed by atoms with Gasteiger partial charge in [-0.2, -0.15) is 5.10 Å². The number of amides is 1. The molecule has 0 saturated carbocycles. The molecule has 1 amide bonds. The smallest absolute Gasteiger partial charge is 0.271 e. The van der Waals surface area contributed by atoms with E-state index in [4.69, 9.17) is 4.42 Å². The minimum absolute atomic E-state index is 0.262. The van der Waals surface area contributed by atoms with Gasteiger partial charge < -0.3 is 4.42 Å². The SMILES string of the molecule is O=C(N/N=C\c1ccc(-c2ccc(Br)cc2)o1)c1ccc(I)cc1. The summed E-state index contributed by atoms with van der Waals surface area (Å²) in [5.74, 6) is 1.05. The summed E-state index contributed by atoms with van der Waals surface area (Å²) in [6.45, 7) is 0. The maximum atomic E-state index is 11.9. The average molecular weight is 495 g/mol. The first-order valence-corrected chi connectivity index (χ1v) is 8.94. The molecule has 1 aromatic heterocycles. The predicted octanol–water partition coefficient (Wildman–Crippen LogP) is 5.08. The van der Waals surface area contributed by atoms with E-state index in [0.717, 1.165) is 19.4 Å². The van der Waals surface area contributed by atoms with Gasteiger partial charge in [-0.15, -0.1) is 0 Å².